The van der Waals surface area contributed by atoms with Crippen LogP contribution in [-0.2, 0) is 14.9 Å². The van der Waals surface area contributed by atoms with E-state index in [4.69, 9.17) is 49.4 Å². The van der Waals surface area contributed by atoms with Crippen molar-refractivity contribution in [2.45, 2.75) is 36.9 Å². The van der Waals surface area contributed by atoms with Crippen molar-refractivity contribution in [2.24, 2.45) is 0 Å². The Hall–Kier alpha value is -1.72. The average molecular weight is 573 g/mol. The van der Waals surface area contributed by atoms with Crippen LogP contribution < -0.4 is 4.48 Å². The van der Waals surface area contributed by atoms with Crippen LogP contribution >= 0.6 is 34.8 Å². The number of nitrogens with zero attached hydrogens (tertiary/aromatic N) is 2. The third-order valence-corrected chi connectivity index (χ3v) is 6.74. The van der Waals surface area contributed by atoms with E-state index in [0.29, 0.717) is 15.7 Å². The zero-order valence-corrected chi connectivity index (χ0v) is 22.7. The maximum atomic E-state index is 12.7. The van der Waals surface area contributed by atoms with Crippen molar-refractivity contribution in [3.05, 3.63) is 53.7 Å². The Bertz CT molecular complexity index is 1180. The number of ether oxygens (including phenoxy) is 2. The molecule has 3 rings (SSSR count). The second-order valence-corrected chi connectivity index (χ2v) is 13.0. The molecular formula is C23H23AsCl3N2O4. The molecule has 0 aliphatic carbocycles. The first-order chi connectivity index (χ1) is 15.4. The third-order valence-electron chi connectivity index (χ3n) is 4.61. The molecule has 6 nitrogen and oxygen atoms in total. The fourth-order valence-electron chi connectivity index (χ4n) is 3.07. The van der Waals surface area contributed by atoms with Gasteiger partial charge in [-0.15, -0.1) is 0 Å². The number of halogens is 3. The van der Waals surface area contributed by atoms with Gasteiger partial charge < -0.3 is 0 Å². The van der Waals surface area contributed by atoms with Crippen LogP contribution in [0.1, 0.15) is 43.7 Å². The molecule has 0 aliphatic heterocycles. The summed E-state index contributed by atoms with van der Waals surface area (Å²) >= 11 is 16.0. The predicted molar refractivity (Wildman–Crippen MR) is 133 cm³/mol. The Morgan fingerprint density at radius 2 is 1.76 bits per heavy atom. The molecule has 1 radical (unpaired) electrons. The van der Waals surface area contributed by atoms with Crippen LogP contribution in [-0.4, -0.2) is 53.3 Å². The van der Waals surface area contributed by atoms with Crippen LogP contribution in [0.25, 0.3) is 16.5 Å². The molecule has 2 aromatic carbocycles. The molecular weight excluding hydrogens is 550 g/mol. The number of benzene rings is 2. The van der Waals surface area contributed by atoms with Crippen molar-refractivity contribution in [1.29, 1.82) is 0 Å². The fourth-order valence-corrected chi connectivity index (χ4v) is 4.83. The van der Waals surface area contributed by atoms with E-state index in [-0.39, 0.29) is 18.6 Å². The molecule has 33 heavy (non-hydrogen) atoms. The van der Waals surface area contributed by atoms with Gasteiger partial charge in [-0.1, -0.05) is 0 Å². The summed E-state index contributed by atoms with van der Waals surface area (Å²) in [6.45, 7) is 7.79. The molecule has 3 aromatic rings. The Balaban J connectivity index is 2.10. The number of rotatable bonds is 6. The summed E-state index contributed by atoms with van der Waals surface area (Å²) in [5.74, 6) is -0.421. The summed E-state index contributed by atoms with van der Waals surface area (Å²) in [5, 5.41) is 6.40. The SMILES string of the molecule is CCOC(=O)c1cc(-n2nc(C(C)(C)C)cc2[As]C(=O)OCC(Cl)(Cl)Cl)cc2ccccc12. The average Bonchev–Trinajstić information content (AvgIpc) is 3.15. The fraction of sp³-hybridized carbons (Fsp3) is 0.348. The zero-order valence-electron chi connectivity index (χ0n) is 18.6. The van der Waals surface area contributed by atoms with Crippen LogP contribution in [0.5, 0.6) is 0 Å². The molecule has 175 valence electrons. The third kappa shape index (κ3) is 6.66. The van der Waals surface area contributed by atoms with Crippen molar-refractivity contribution in [3.63, 3.8) is 0 Å². The zero-order chi connectivity index (χ0) is 24.4. The van der Waals surface area contributed by atoms with Gasteiger partial charge in [-0.3, -0.25) is 0 Å². The summed E-state index contributed by atoms with van der Waals surface area (Å²) in [4.78, 5) is 25.2. The van der Waals surface area contributed by atoms with Crippen molar-refractivity contribution in [1.82, 2.24) is 9.78 Å². The number of aromatic nitrogens is 2. The van der Waals surface area contributed by atoms with Gasteiger partial charge in [-0.05, 0) is 0 Å². The number of alkyl halides is 3. The predicted octanol–water partition coefficient (Wildman–Crippen LogP) is 5.34. The van der Waals surface area contributed by atoms with Crippen molar-refractivity contribution in [3.8, 4) is 5.69 Å². The van der Waals surface area contributed by atoms with Gasteiger partial charge in [0.2, 0.25) is 0 Å². The standard InChI is InChI=1S/C23H23AsCl3N2O4/c1-5-32-20(30)17-11-15(10-14-8-6-7-9-16(14)17)29-19(12-18(28-29)22(2,3)4)24-21(31)33-13-23(25,26)27/h6-12H,5,13H2,1-4H3. The quantitative estimate of drug-likeness (QED) is 0.227. The van der Waals surface area contributed by atoms with Gasteiger partial charge in [0.05, 0.1) is 0 Å². The second-order valence-electron chi connectivity index (χ2n) is 8.27. The molecule has 1 aromatic heterocycles. The van der Waals surface area contributed by atoms with Gasteiger partial charge >= 0.3 is 215 Å². The van der Waals surface area contributed by atoms with Gasteiger partial charge in [-0.2, -0.15) is 0 Å². The van der Waals surface area contributed by atoms with E-state index in [9.17, 15) is 9.59 Å². The molecule has 0 aliphatic rings. The summed E-state index contributed by atoms with van der Waals surface area (Å²) < 4.78 is 10.6. The minimum absolute atomic E-state index is 0.261. The van der Waals surface area contributed by atoms with Crippen LogP contribution in [0.3, 0.4) is 0 Å². The molecule has 0 N–H and O–H groups in total. The van der Waals surface area contributed by atoms with Crippen molar-refractivity contribution < 1.29 is 19.1 Å². The van der Waals surface area contributed by atoms with Crippen molar-refractivity contribution in [2.75, 3.05) is 13.2 Å². The van der Waals surface area contributed by atoms with E-state index in [0.717, 1.165) is 16.5 Å². The van der Waals surface area contributed by atoms with Gasteiger partial charge in [0.15, 0.2) is 0 Å². The van der Waals surface area contributed by atoms with Crippen molar-refractivity contribution >= 4 is 76.5 Å². The molecule has 0 atom stereocenters. The maximum absolute atomic E-state index is 12.7. The molecule has 0 amide bonds. The number of carbonyl (C=O) groups excluding carboxylic acids is 2. The van der Waals surface area contributed by atoms with E-state index < -0.39 is 30.3 Å². The van der Waals surface area contributed by atoms with Gasteiger partial charge in [0.1, 0.15) is 0 Å². The first-order valence-corrected chi connectivity index (χ1v) is 13.2. The number of carbonyl (C=O) groups is 2. The van der Waals surface area contributed by atoms with Gasteiger partial charge in [0.25, 0.3) is 0 Å². The normalized spacial score (nSPS) is 12.5. The monoisotopic (exact) mass is 571 g/mol. The van der Waals surface area contributed by atoms with E-state index in [1.165, 1.54) is 0 Å². The molecule has 0 spiro atoms. The number of fused-ring (bicyclic) bond motifs is 1. The van der Waals surface area contributed by atoms with Gasteiger partial charge in [0, 0.05) is 0 Å². The van der Waals surface area contributed by atoms with E-state index in [2.05, 4.69) is 0 Å². The summed E-state index contributed by atoms with van der Waals surface area (Å²) in [5.41, 5.74) is 1.61. The Morgan fingerprint density at radius 1 is 1.06 bits per heavy atom. The Morgan fingerprint density at radius 3 is 2.39 bits per heavy atom. The Labute approximate surface area is 214 Å². The Kier molecular flexibility index (Phi) is 8.06. The number of hydrogen-bond donors (Lipinski definition) is 0. The van der Waals surface area contributed by atoms with E-state index in [1.807, 2.05) is 57.2 Å². The molecule has 0 bridgehead atoms. The molecule has 0 saturated heterocycles. The summed E-state index contributed by atoms with van der Waals surface area (Å²) in [7, 11) is 0. The number of hydrogen-bond acceptors (Lipinski definition) is 5. The summed E-state index contributed by atoms with van der Waals surface area (Å²) in [6.07, 6.45) is 0. The van der Waals surface area contributed by atoms with Crippen LogP contribution in [0, 0.1) is 0 Å². The number of esters is 1. The van der Waals surface area contributed by atoms with E-state index >= 15 is 0 Å². The molecule has 1 heterocycles. The molecule has 10 heteroatoms. The molecule has 0 fully saturated rings. The second kappa shape index (κ2) is 10.3. The first kappa shape index (κ1) is 25.9. The van der Waals surface area contributed by atoms with E-state index in [1.54, 1.807) is 17.7 Å². The molecule has 0 saturated carbocycles. The van der Waals surface area contributed by atoms with Crippen LogP contribution in [0.2, 0.25) is 0 Å². The first-order valence-electron chi connectivity index (χ1n) is 10.1. The van der Waals surface area contributed by atoms with Crippen LogP contribution in [0.15, 0.2) is 42.5 Å². The summed E-state index contributed by atoms with van der Waals surface area (Å²) in [6, 6.07) is 13.1. The minimum atomic E-state index is -1.68. The molecule has 0 unspecified atom stereocenters. The van der Waals surface area contributed by atoms with Gasteiger partial charge in [-0.25, -0.2) is 0 Å². The topological polar surface area (TPSA) is 70.4 Å². The van der Waals surface area contributed by atoms with Crippen LogP contribution in [0.4, 0.5) is 4.79 Å².